The fourth-order valence-electron chi connectivity index (χ4n) is 2.54. The Morgan fingerprint density at radius 3 is 2.61 bits per heavy atom. The molecule has 1 heterocycles. The average molecular weight is 247 g/mol. The largest absolute Gasteiger partial charge is 0.469 e. The smallest absolute Gasteiger partial charge is 0.311 e. The molecule has 0 aromatic heterocycles. The van der Waals surface area contributed by atoms with Crippen molar-refractivity contribution in [3.8, 4) is 0 Å². The van der Waals surface area contributed by atoms with Crippen molar-refractivity contribution < 1.29 is 14.3 Å². The molecule has 2 atom stereocenters. The Bertz CT molecular complexity index is 444. The zero-order valence-corrected chi connectivity index (χ0v) is 10.6. The first kappa shape index (κ1) is 12.6. The Hall–Kier alpha value is -1.84. The molecule has 0 N–H and O–H groups in total. The number of hydrogen-bond donors (Lipinski definition) is 0. The van der Waals surface area contributed by atoms with Gasteiger partial charge in [0.25, 0.3) is 0 Å². The molecule has 1 aromatic carbocycles. The third-order valence-electron chi connectivity index (χ3n) is 3.51. The molecule has 96 valence electrons. The van der Waals surface area contributed by atoms with Crippen LogP contribution in [0.2, 0.25) is 0 Å². The minimum Gasteiger partial charge on any atom is -0.469 e. The molecule has 4 heteroatoms. The van der Waals surface area contributed by atoms with Gasteiger partial charge < -0.3 is 9.64 Å². The van der Waals surface area contributed by atoms with Crippen molar-refractivity contribution in [3.63, 3.8) is 0 Å². The number of amides is 1. The zero-order valence-electron chi connectivity index (χ0n) is 10.6. The minimum absolute atomic E-state index is 0.0732. The molecule has 1 aliphatic heterocycles. The SMILES string of the molecule is COC(=O)C1CCC(=O)N(C)C1c1ccccc1. The number of nitrogens with zero attached hydrogens (tertiary/aromatic N) is 1. The number of benzene rings is 1. The zero-order chi connectivity index (χ0) is 13.1. The van der Waals surface area contributed by atoms with Crippen LogP contribution in [0, 0.1) is 5.92 Å². The van der Waals surface area contributed by atoms with E-state index in [2.05, 4.69) is 0 Å². The predicted octanol–water partition coefficient (Wildman–Crippen LogP) is 1.77. The highest BCUT2D eigenvalue weighted by atomic mass is 16.5. The van der Waals surface area contributed by atoms with Crippen molar-refractivity contribution in [2.75, 3.05) is 14.2 Å². The molecule has 1 fully saturated rings. The quantitative estimate of drug-likeness (QED) is 0.748. The second-order valence-electron chi connectivity index (χ2n) is 4.53. The van der Waals surface area contributed by atoms with Gasteiger partial charge in [-0.3, -0.25) is 9.59 Å². The summed E-state index contributed by atoms with van der Waals surface area (Å²) in [6, 6.07) is 9.40. The van der Waals surface area contributed by atoms with E-state index in [1.54, 1.807) is 11.9 Å². The summed E-state index contributed by atoms with van der Waals surface area (Å²) >= 11 is 0. The minimum atomic E-state index is -0.278. The molecule has 4 nitrogen and oxygen atoms in total. The van der Waals surface area contributed by atoms with E-state index in [0.29, 0.717) is 12.8 Å². The number of ether oxygens (including phenoxy) is 1. The number of carbonyl (C=O) groups is 2. The van der Waals surface area contributed by atoms with Crippen LogP contribution in [0.15, 0.2) is 30.3 Å². The van der Waals surface area contributed by atoms with Crippen molar-refractivity contribution in [2.24, 2.45) is 5.92 Å². The van der Waals surface area contributed by atoms with Crippen LogP contribution in [0.25, 0.3) is 0 Å². The van der Waals surface area contributed by atoms with Crippen molar-refractivity contribution in [2.45, 2.75) is 18.9 Å². The number of hydrogen-bond acceptors (Lipinski definition) is 3. The number of likely N-dealkylation sites (tertiary alicyclic amines) is 1. The number of carbonyl (C=O) groups excluding carboxylic acids is 2. The number of methoxy groups -OCH3 is 1. The molecule has 2 unspecified atom stereocenters. The van der Waals surface area contributed by atoms with Crippen molar-refractivity contribution in [3.05, 3.63) is 35.9 Å². The first-order valence-corrected chi connectivity index (χ1v) is 6.03. The van der Waals surface area contributed by atoms with Gasteiger partial charge in [-0.15, -0.1) is 0 Å². The molecule has 0 bridgehead atoms. The van der Waals surface area contributed by atoms with Gasteiger partial charge in [-0.05, 0) is 12.0 Å². The van der Waals surface area contributed by atoms with Crippen LogP contribution in [-0.2, 0) is 14.3 Å². The van der Waals surface area contributed by atoms with Gasteiger partial charge in [0.1, 0.15) is 0 Å². The van der Waals surface area contributed by atoms with Crippen LogP contribution in [0.3, 0.4) is 0 Å². The Balaban J connectivity index is 2.35. The Kier molecular flexibility index (Phi) is 3.65. The van der Waals surface area contributed by atoms with Crippen LogP contribution in [0.4, 0.5) is 0 Å². The number of rotatable bonds is 2. The molecule has 1 aromatic rings. The highest BCUT2D eigenvalue weighted by Crippen LogP contribution is 2.36. The summed E-state index contributed by atoms with van der Waals surface area (Å²) in [5.41, 5.74) is 0.975. The lowest BCUT2D eigenvalue weighted by Crippen LogP contribution is -2.43. The van der Waals surface area contributed by atoms with E-state index >= 15 is 0 Å². The third kappa shape index (κ3) is 2.23. The van der Waals surface area contributed by atoms with Gasteiger partial charge in [0.2, 0.25) is 5.91 Å². The summed E-state index contributed by atoms with van der Waals surface area (Å²) < 4.78 is 4.85. The molecule has 0 spiro atoms. The molecule has 18 heavy (non-hydrogen) atoms. The van der Waals surface area contributed by atoms with E-state index in [1.807, 2.05) is 30.3 Å². The van der Waals surface area contributed by atoms with Crippen LogP contribution in [-0.4, -0.2) is 30.9 Å². The Morgan fingerprint density at radius 1 is 1.33 bits per heavy atom. The van der Waals surface area contributed by atoms with Crippen LogP contribution >= 0.6 is 0 Å². The van der Waals surface area contributed by atoms with Crippen LogP contribution in [0.1, 0.15) is 24.4 Å². The maximum absolute atomic E-state index is 11.8. The average Bonchev–Trinajstić information content (AvgIpc) is 2.41. The third-order valence-corrected chi connectivity index (χ3v) is 3.51. The predicted molar refractivity (Wildman–Crippen MR) is 66.7 cm³/mol. The van der Waals surface area contributed by atoms with Gasteiger partial charge >= 0.3 is 5.97 Å². The van der Waals surface area contributed by atoms with E-state index in [-0.39, 0.29) is 23.8 Å². The van der Waals surface area contributed by atoms with Crippen LogP contribution in [0.5, 0.6) is 0 Å². The summed E-state index contributed by atoms with van der Waals surface area (Å²) in [6.45, 7) is 0. The Labute approximate surface area is 107 Å². The van der Waals surface area contributed by atoms with Gasteiger partial charge in [0.15, 0.2) is 0 Å². The highest BCUT2D eigenvalue weighted by molar-refractivity contribution is 5.82. The molecule has 0 saturated carbocycles. The topological polar surface area (TPSA) is 46.6 Å². The van der Waals surface area contributed by atoms with Gasteiger partial charge in [0.05, 0.1) is 19.1 Å². The molecule has 1 amide bonds. The van der Waals surface area contributed by atoms with E-state index in [0.717, 1.165) is 5.56 Å². The van der Waals surface area contributed by atoms with E-state index in [9.17, 15) is 9.59 Å². The highest BCUT2D eigenvalue weighted by Gasteiger charge is 2.39. The van der Waals surface area contributed by atoms with E-state index < -0.39 is 0 Å². The maximum atomic E-state index is 11.8. The molecule has 0 radical (unpaired) electrons. The molecular formula is C14H17NO3. The normalized spacial score (nSPS) is 23.9. The van der Waals surface area contributed by atoms with E-state index in [4.69, 9.17) is 4.74 Å². The second-order valence-corrected chi connectivity index (χ2v) is 4.53. The lowest BCUT2D eigenvalue weighted by Gasteiger charge is -2.37. The summed E-state index contributed by atoms with van der Waals surface area (Å²) in [6.07, 6.45) is 0.953. The van der Waals surface area contributed by atoms with Gasteiger partial charge in [-0.1, -0.05) is 30.3 Å². The fraction of sp³-hybridized carbons (Fsp3) is 0.429. The maximum Gasteiger partial charge on any atom is 0.311 e. The monoisotopic (exact) mass is 247 g/mol. The summed E-state index contributed by atoms with van der Waals surface area (Å²) in [5, 5.41) is 0. The standard InChI is InChI=1S/C14H17NO3/c1-15-12(16)9-8-11(14(17)18-2)13(15)10-6-4-3-5-7-10/h3-7,11,13H,8-9H2,1-2H3. The number of piperidine rings is 1. The van der Waals surface area contributed by atoms with Crippen molar-refractivity contribution in [1.29, 1.82) is 0 Å². The molecule has 1 aliphatic rings. The molecule has 2 rings (SSSR count). The van der Waals surface area contributed by atoms with Gasteiger partial charge in [0, 0.05) is 13.5 Å². The fourth-order valence-corrected chi connectivity index (χ4v) is 2.54. The summed E-state index contributed by atoms with van der Waals surface area (Å²) in [4.78, 5) is 25.3. The van der Waals surface area contributed by atoms with Gasteiger partial charge in [-0.2, -0.15) is 0 Å². The number of esters is 1. The van der Waals surface area contributed by atoms with Crippen molar-refractivity contribution in [1.82, 2.24) is 4.90 Å². The first-order chi connectivity index (χ1) is 8.65. The van der Waals surface area contributed by atoms with Crippen molar-refractivity contribution >= 4 is 11.9 Å². The van der Waals surface area contributed by atoms with E-state index in [1.165, 1.54) is 7.11 Å². The molecule has 1 saturated heterocycles. The first-order valence-electron chi connectivity index (χ1n) is 6.03. The molecule has 0 aliphatic carbocycles. The summed E-state index contributed by atoms with van der Waals surface area (Å²) in [5.74, 6) is -0.452. The lowest BCUT2D eigenvalue weighted by molar-refractivity contribution is -0.153. The Morgan fingerprint density at radius 2 is 2.00 bits per heavy atom. The molecular weight excluding hydrogens is 230 g/mol. The lowest BCUT2D eigenvalue weighted by atomic mass is 9.84. The van der Waals surface area contributed by atoms with Crippen LogP contribution < -0.4 is 0 Å². The summed E-state index contributed by atoms with van der Waals surface area (Å²) in [7, 11) is 3.13. The second kappa shape index (κ2) is 5.21. The van der Waals surface area contributed by atoms with Gasteiger partial charge in [-0.25, -0.2) is 0 Å².